The smallest absolute Gasteiger partial charge is 0.384 e. The van der Waals surface area contributed by atoms with E-state index >= 15 is 0 Å². The van der Waals surface area contributed by atoms with Gasteiger partial charge in [-0.1, -0.05) is 49.6 Å². The Morgan fingerprint density at radius 2 is 1.88 bits per heavy atom. The Morgan fingerprint density at radius 3 is 2.42 bits per heavy atom. The second kappa shape index (κ2) is 10.3. The maximum Gasteiger partial charge on any atom is 0.384 e. The zero-order chi connectivity index (χ0) is 19.6. The van der Waals surface area contributed by atoms with Crippen molar-refractivity contribution < 1.29 is 23.4 Å². The lowest BCUT2D eigenvalue weighted by molar-refractivity contribution is -0.147. The van der Waals surface area contributed by atoms with Gasteiger partial charge in [0.15, 0.2) is 6.17 Å². The topological polar surface area (TPSA) is 44.8 Å². The van der Waals surface area contributed by atoms with E-state index in [9.17, 15) is 9.18 Å². The van der Waals surface area contributed by atoms with Gasteiger partial charge in [0.05, 0.1) is 13.2 Å². The molecule has 0 bridgehead atoms. The number of rotatable bonds is 8. The number of alkyl halides is 1. The van der Waals surface area contributed by atoms with E-state index in [2.05, 4.69) is 11.8 Å². The molecule has 0 aliphatic heterocycles. The molecule has 0 amide bonds. The fourth-order valence-corrected chi connectivity index (χ4v) is 2.43. The Morgan fingerprint density at radius 1 is 1.23 bits per heavy atom. The summed E-state index contributed by atoms with van der Waals surface area (Å²) in [6, 6.07) is 9.62. The first-order chi connectivity index (χ1) is 12.2. The van der Waals surface area contributed by atoms with Gasteiger partial charge in [-0.3, -0.25) is 0 Å². The summed E-state index contributed by atoms with van der Waals surface area (Å²) in [5.41, 5.74) is -0.902. The van der Waals surface area contributed by atoms with Crippen LogP contribution in [0.5, 0.6) is 0 Å². The van der Waals surface area contributed by atoms with Gasteiger partial charge in [-0.25, -0.2) is 9.18 Å². The highest BCUT2D eigenvalue weighted by Crippen LogP contribution is 2.25. The van der Waals surface area contributed by atoms with Crippen molar-refractivity contribution in [2.75, 3.05) is 13.7 Å². The standard InChI is InChI=1S/C21H29FO4/c1-6-14-21(24-5,16-25-15-17-10-8-7-9-11-17)18(22)12-13-19(23)26-20(2,3)4/h7-11,18H,6,14-16H2,1-5H3/t18-,21+/m1/s1. The second-order valence-electron chi connectivity index (χ2n) is 7.13. The van der Waals surface area contributed by atoms with Crippen molar-refractivity contribution in [3.8, 4) is 11.8 Å². The van der Waals surface area contributed by atoms with Crippen molar-refractivity contribution in [3.05, 3.63) is 35.9 Å². The zero-order valence-electron chi connectivity index (χ0n) is 16.3. The maximum absolute atomic E-state index is 14.8. The van der Waals surface area contributed by atoms with Gasteiger partial charge in [0.1, 0.15) is 11.2 Å². The Kier molecular flexibility index (Phi) is 8.77. The predicted octanol–water partition coefficient (Wildman–Crippen LogP) is 4.07. The lowest BCUT2D eigenvalue weighted by Crippen LogP contribution is -2.45. The molecule has 1 rings (SSSR count). The van der Waals surface area contributed by atoms with E-state index < -0.39 is 23.3 Å². The number of hydrogen-bond acceptors (Lipinski definition) is 4. The van der Waals surface area contributed by atoms with E-state index in [1.807, 2.05) is 37.3 Å². The summed E-state index contributed by atoms with van der Waals surface area (Å²) >= 11 is 0. The van der Waals surface area contributed by atoms with Gasteiger partial charge in [-0.15, -0.1) is 0 Å². The summed E-state index contributed by atoms with van der Waals surface area (Å²) in [6.07, 6.45) is -0.560. The van der Waals surface area contributed by atoms with Crippen molar-refractivity contribution in [2.24, 2.45) is 0 Å². The number of benzene rings is 1. The SMILES string of the molecule is CCC[C@@](COCc1ccccc1)(OC)[C@H](F)C#CC(=O)OC(C)(C)C. The van der Waals surface area contributed by atoms with Crippen molar-refractivity contribution in [3.63, 3.8) is 0 Å². The second-order valence-corrected chi connectivity index (χ2v) is 7.13. The molecule has 5 heteroatoms. The van der Waals surface area contributed by atoms with Crippen LogP contribution in [0.4, 0.5) is 4.39 Å². The number of methoxy groups -OCH3 is 1. The summed E-state index contributed by atoms with van der Waals surface area (Å²) in [7, 11) is 1.43. The molecule has 0 fully saturated rings. The average Bonchev–Trinajstić information content (AvgIpc) is 2.58. The van der Waals surface area contributed by atoms with Gasteiger partial charge in [0.25, 0.3) is 0 Å². The Bertz CT molecular complexity index is 612. The average molecular weight is 364 g/mol. The molecule has 0 unspecified atom stereocenters. The third-order valence-corrected chi connectivity index (χ3v) is 3.70. The third kappa shape index (κ3) is 7.55. The molecule has 0 heterocycles. The molecule has 144 valence electrons. The van der Waals surface area contributed by atoms with Gasteiger partial charge in [0.2, 0.25) is 0 Å². The predicted molar refractivity (Wildman–Crippen MR) is 99.3 cm³/mol. The normalized spacial score (nSPS) is 14.7. The maximum atomic E-state index is 14.8. The first-order valence-electron chi connectivity index (χ1n) is 8.78. The Labute approximate surface area is 156 Å². The van der Waals surface area contributed by atoms with E-state index in [0.717, 1.165) is 5.56 Å². The number of halogens is 1. The molecule has 4 nitrogen and oxygen atoms in total. The van der Waals surface area contributed by atoms with Gasteiger partial charge in [-0.05, 0) is 32.8 Å². The van der Waals surface area contributed by atoms with E-state index in [0.29, 0.717) is 19.4 Å². The molecule has 0 spiro atoms. The third-order valence-electron chi connectivity index (χ3n) is 3.70. The molecule has 2 atom stereocenters. The molecular weight excluding hydrogens is 335 g/mol. The molecule has 0 aliphatic carbocycles. The number of ether oxygens (including phenoxy) is 3. The minimum absolute atomic E-state index is 0.0381. The Hall–Kier alpha value is -1.90. The van der Waals surface area contributed by atoms with Crippen LogP contribution in [0.2, 0.25) is 0 Å². The first kappa shape index (κ1) is 22.1. The highest BCUT2D eigenvalue weighted by molar-refractivity contribution is 5.88. The molecule has 1 aromatic carbocycles. The van der Waals surface area contributed by atoms with Crippen molar-refractivity contribution in [2.45, 2.75) is 64.5 Å². The van der Waals surface area contributed by atoms with Gasteiger partial charge < -0.3 is 14.2 Å². The van der Waals surface area contributed by atoms with E-state index in [-0.39, 0.29) is 6.61 Å². The van der Waals surface area contributed by atoms with E-state index in [1.54, 1.807) is 20.8 Å². The quantitative estimate of drug-likeness (QED) is 0.396. The van der Waals surface area contributed by atoms with Gasteiger partial charge in [-0.2, -0.15) is 0 Å². The zero-order valence-corrected chi connectivity index (χ0v) is 16.3. The van der Waals surface area contributed by atoms with Crippen LogP contribution in [0.15, 0.2) is 30.3 Å². The van der Waals surface area contributed by atoms with E-state index in [4.69, 9.17) is 14.2 Å². The summed E-state index contributed by atoms with van der Waals surface area (Å²) in [6.45, 7) is 7.51. The first-order valence-corrected chi connectivity index (χ1v) is 8.78. The number of hydrogen-bond donors (Lipinski definition) is 0. The minimum atomic E-state index is -1.67. The van der Waals surface area contributed by atoms with Crippen LogP contribution in [0.3, 0.4) is 0 Å². The van der Waals surface area contributed by atoms with Crippen LogP contribution in [0, 0.1) is 11.8 Å². The Balaban J connectivity index is 2.78. The fraction of sp³-hybridized carbons (Fsp3) is 0.571. The molecule has 1 aromatic rings. The molecule has 0 saturated carbocycles. The summed E-state index contributed by atoms with van der Waals surface area (Å²) in [4.78, 5) is 11.7. The highest BCUT2D eigenvalue weighted by Gasteiger charge is 2.38. The van der Waals surface area contributed by atoms with Crippen LogP contribution in [-0.4, -0.2) is 37.1 Å². The molecule has 0 aliphatic rings. The fourth-order valence-electron chi connectivity index (χ4n) is 2.43. The lowest BCUT2D eigenvalue weighted by atomic mass is 9.93. The van der Waals surface area contributed by atoms with Gasteiger partial charge >= 0.3 is 5.97 Å². The number of esters is 1. The van der Waals surface area contributed by atoms with Crippen LogP contribution < -0.4 is 0 Å². The van der Waals surface area contributed by atoms with E-state index in [1.165, 1.54) is 7.11 Å². The number of carbonyl (C=O) groups excluding carboxylic acids is 1. The highest BCUT2D eigenvalue weighted by atomic mass is 19.1. The minimum Gasteiger partial charge on any atom is -0.450 e. The lowest BCUT2D eigenvalue weighted by Gasteiger charge is -2.32. The molecule has 0 N–H and O–H groups in total. The molecule has 26 heavy (non-hydrogen) atoms. The summed E-state index contributed by atoms with van der Waals surface area (Å²) in [5.74, 6) is 3.80. The van der Waals surface area contributed by atoms with Crippen LogP contribution in [-0.2, 0) is 25.6 Å². The van der Waals surface area contributed by atoms with Crippen molar-refractivity contribution >= 4 is 5.97 Å². The summed E-state index contributed by atoms with van der Waals surface area (Å²) in [5, 5.41) is 0. The van der Waals surface area contributed by atoms with Crippen LogP contribution in [0.25, 0.3) is 0 Å². The summed E-state index contributed by atoms with van der Waals surface area (Å²) < 4.78 is 31.1. The molecular formula is C21H29FO4. The van der Waals surface area contributed by atoms with Crippen LogP contribution >= 0.6 is 0 Å². The molecule has 0 radical (unpaired) electrons. The monoisotopic (exact) mass is 364 g/mol. The molecule has 0 saturated heterocycles. The van der Waals surface area contributed by atoms with Crippen LogP contribution in [0.1, 0.15) is 46.1 Å². The van der Waals surface area contributed by atoms with Crippen molar-refractivity contribution in [1.29, 1.82) is 0 Å². The van der Waals surface area contributed by atoms with Crippen molar-refractivity contribution in [1.82, 2.24) is 0 Å². The molecule has 0 aromatic heterocycles. The van der Waals surface area contributed by atoms with Gasteiger partial charge in [0, 0.05) is 13.0 Å². The number of carbonyl (C=O) groups is 1. The largest absolute Gasteiger partial charge is 0.450 e.